The van der Waals surface area contributed by atoms with Gasteiger partial charge in [0.25, 0.3) is 0 Å². The molecule has 0 radical (unpaired) electrons. The first-order chi connectivity index (χ1) is 11.5. The molecule has 0 aromatic carbocycles. The van der Waals surface area contributed by atoms with Gasteiger partial charge in [-0.25, -0.2) is 0 Å². The van der Waals surface area contributed by atoms with Gasteiger partial charge in [-0.1, -0.05) is 11.2 Å². The van der Waals surface area contributed by atoms with Crippen molar-refractivity contribution in [3.05, 3.63) is 61.8 Å². The number of aliphatic hydroxyl groups is 1. The molecule has 0 saturated heterocycles. The summed E-state index contributed by atoms with van der Waals surface area (Å²) >= 11 is 2.99. The molecule has 1 amide bonds. The van der Waals surface area contributed by atoms with Gasteiger partial charge in [0.1, 0.15) is 11.4 Å². The van der Waals surface area contributed by atoms with Gasteiger partial charge in [-0.2, -0.15) is 11.3 Å². The first-order valence-electron chi connectivity index (χ1n) is 7.48. The zero-order valence-corrected chi connectivity index (χ0v) is 15.0. The van der Waals surface area contributed by atoms with Crippen molar-refractivity contribution in [3.63, 3.8) is 0 Å². The topological polar surface area (TPSA) is 75.4 Å². The quantitative estimate of drug-likeness (QED) is 0.707. The Morgan fingerprint density at radius 3 is 2.79 bits per heavy atom. The Kier molecular flexibility index (Phi) is 4.84. The minimum Gasteiger partial charge on any atom is -0.378 e. The van der Waals surface area contributed by atoms with E-state index in [2.05, 4.69) is 10.5 Å². The number of carbonyl (C=O) groups excluding carboxylic acids is 1. The lowest BCUT2D eigenvalue weighted by atomic mass is 9.94. The number of aromatic nitrogens is 1. The molecule has 24 heavy (non-hydrogen) atoms. The number of amides is 1. The summed E-state index contributed by atoms with van der Waals surface area (Å²) in [6, 6.07) is 5.65. The number of hydrogen-bond acceptors (Lipinski definition) is 6. The van der Waals surface area contributed by atoms with Crippen molar-refractivity contribution in [2.45, 2.75) is 25.9 Å². The summed E-state index contributed by atoms with van der Waals surface area (Å²) in [5.74, 6) is 0.476. The van der Waals surface area contributed by atoms with Crippen LogP contribution in [0.1, 0.15) is 27.5 Å². The van der Waals surface area contributed by atoms with Crippen LogP contribution in [0, 0.1) is 13.8 Å². The molecule has 7 heteroatoms. The number of thiophene rings is 2. The fraction of sp³-hybridized carbons (Fsp3) is 0.294. The molecule has 0 aliphatic heterocycles. The maximum absolute atomic E-state index is 12.3. The average molecular weight is 362 g/mol. The van der Waals surface area contributed by atoms with E-state index in [1.54, 1.807) is 6.92 Å². The molecule has 0 unspecified atom stereocenters. The lowest BCUT2D eigenvalue weighted by Gasteiger charge is -2.27. The highest BCUT2D eigenvalue weighted by Gasteiger charge is 2.33. The van der Waals surface area contributed by atoms with E-state index in [0.29, 0.717) is 11.5 Å². The van der Waals surface area contributed by atoms with E-state index in [9.17, 15) is 9.90 Å². The van der Waals surface area contributed by atoms with Crippen LogP contribution in [0.5, 0.6) is 0 Å². The molecule has 3 aromatic rings. The summed E-state index contributed by atoms with van der Waals surface area (Å²) in [7, 11) is 0. The molecule has 3 rings (SSSR count). The van der Waals surface area contributed by atoms with E-state index in [0.717, 1.165) is 16.0 Å². The Labute approximate surface area is 147 Å². The second kappa shape index (κ2) is 6.88. The largest absolute Gasteiger partial charge is 0.378 e. The number of nitrogens with one attached hydrogen (secondary N) is 1. The van der Waals surface area contributed by atoms with Crippen LogP contribution in [0.2, 0.25) is 0 Å². The van der Waals surface area contributed by atoms with Gasteiger partial charge in [0.2, 0.25) is 5.91 Å². The van der Waals surface area contributed by atoms with E-state index in [4.69, 9.17) is 4.52 Å². The summed E-state index contributed by atoms with van der Waals surface area (Å²) in [5, 5.41) is 23.6. The van der Waals surface area contributed by atoms with Crippen LogP contribution >= 0.6 is 22.7 Å². The standard InChI is InChI=1S/C17H18N2O3S2/c1-11-14(12(2)22-19-11)8-16(20)18-10-17(21,13-5-7-23-9-13)15-4-3-6-24-15/h3-7,9,21H,8,10H2,1-2H3,(H,18,20)/t17-/m1/s1. The smallest absolute Gasteiger partial charge is 0.224 e. The summed E-state index contributed by atoms with van der Waals surface area (Å²) in [4.78, 5) is 13.1. The Morgan fingerprint density at radius 2 is 2.21 bits per heavy atom. The highest BCUT2D eigenvalue weighted by molar-refractivity contribution is 7.10. The third-order valence-electron chi connectivity index (χ3n) is 3.99. The van der Waals surface area contributed by atoms with Crippen LogP contribution in [0.4, 0.5) is 0 Å². The first-order valence-corrected chi connectivity index (χ1v) is 9.30. The number of aryl methyl sites for hydroxylation is 2. The third-order valence-corrected chi connectivity index (χ3v) is 5.69. The van der Waals surface area contributed by atoms with Crippen molar-refractivity contribution in [3.8, 4) is 0 Å². The minimum atomic E-state index is -1.22. The monoisotopic (exact) mass is 362 g/mol. The molecule has 0 spiro atoms. The molecule has 3 aromatic heterocycles. The van der Waals surface area contributed by atoms with Crippen LogP contribution in [0.15, 0.2) is 38.9 Å². The lowest BCUT2D eigenvalue weighted by molar-refractivity contribution is -0.121. The van der Waals surface area contributed by atoms with Crippen LogP contribution in [-0.2, 0) is 16.8 Å². The molecule has 0 saturated carbocycles. The molecular weight excluding hydrogens is 344 g/mol. The van der Waals surface area contributed by atoms with Crippen LogP contribution < -0.4 is 5.32 Å². The van der Waals surface area contributed by atoms with E-state index < -0.39 is 5.60 Å². The van der Waals surface area contributed by atoms with Gasteiger partial charge in [0.05, 0.1) is 18.7 Å². The van der Waals surface area contributed by atoms with Crippen molar-refractivity contribution < 1.29 is 14.4 Å². The molecule has 2 N–H and O–H groups in total. The molecule has 1 atom stereocenters. The van der Waals surface area contributed by atoms with Crippen LogP contribution in [0.3, 0.4) is 0 Å². The van der Waals surface area contributed by atoms with Crippen molar-refractivity contribution >= 4 is 28.6 Å². The van der Waals surface area contributed by atoms with E-state index in [-0.39, 0.29) is 18.9 Å². The molecule has 0 fully saturated rings. The van der Waals surface area contributed by atoms with E-state index in [1.807, 2.05) is 41.3 Å². The number of hydrogen-bond donors (Lipinski definition) is 2. The molecule has 0 bridgehead atoms. The predicted molar refractivity (Wildman–Crippen MR) is 94.3 cm³/mol. The molecule has 3 heterocycles. The maximum Gasteiger partial charge on any atom is 0.224 e. The molecule has 0 aliphatic rings. The van der Waals surface area contributed by atoms with Gasteiger partial charge in [0, 0.05) is 16.0 Å². The Morgan fingerprint density at radius 1 is 1.38 bits per heavy atom. The van der Waals surface area contributed by atoms with Gasteiger partial charge in [-0.15, -0.1) is 11.3 Å². The molecule has 0 aliphatic carbocycles. The third kappa shape index (κ3) is 3.28. The van der Waals surface area contributed by atoms with Gasteiger partial charge in [0.15, 0.2) is 0 Å². The Balaban J connectivity index is 1.74. The van der Waals surface area contributed by atoms with Crippen LogP contribution in [-0.4, -0.2) is 22.7 Å². The van der Waals surface area contributed by atoms with Gasteiger partial charge >= 0.3 is 0 Å². The van der Waals surface area contributed by atoms with Gasteiger partial charge < -0.3 is 14.9 Å². The van der Waals surface area contributed by atoms with Crippen molar-refractivity contribution in [2.75, 3.05) is 6.54 Å². The highest BCUT2D eigenvalue weighted by atomic mass is 32.1. The number of nitrogens with zero attached hydrogens (tertiary/aromatic N) is 1. The predicted octanol–water partition coefficient (Wildman–Crippen LogP) is 3.01. The van der Waals surface area contributed by atoms with Crippen LogP contribution in [0.25, 0.3) is 0 Å². The average Bonchev–Trinajstić information content (AvgIpc) is 3.31. The minimum absolute atomic E-state index is 0.118. The fourth-order valence-electron chi connectivity index (χ4n) is 2.55. The van der Waals surface area contributed by atoms with Gasteiger partial charge in [-0.05, 0) is 42.1 Å². The maximum atomic E-state index is 12.3. The lowest BCUT2D eigenvalue weighted by Crippen LogP contribution is -2.41. The zero-order valence-electron chi connectivity index (χ0n) is 13.4. The number of rotatable bonds is 6. The second-order valence-electron chi connectivity index (χ2n) is 5.61. The van der Waals surface area contributed by atoms with Crippen molar-refractivity contribution in [1.82, 2.24) is 10.5 Å². The summed E-state index contributed by atoms with van der Waals surface area (Å²) in [6.45, 7) is 3.72. The Bertz CT molecular complexity index is 753. The van der Waals surface area contributed by atoms with Crippen molar-refractivity contribution in [2.24, 2.45) is 0 Å². The highest BCUT2D eigenvalue weighted by Crippen LogP contribution is 2.33. The fourth-order valence-corrected chi connectivity index (χ4v) is 4.12. The molecule has 5 nitrogen and oxygen atoms in total. The van der Waals surface area contributed by atoms with Gasteiger partial charge in [-0.3, -0.25) is 4.79 Å². The zero-order chi connectivity index (χ0) is 17.2. The number of carbonyl (C=O) groups is 1. The summed E-state index contributed by atoms with van der Waals surface area (Å²) < 4.78 is 5.08. The second-order valence-corrected chi connectivity index (χ2v) is 7.33. The summed E-state index contributed by atoms with van der Waals surface area (Å²) in [5.41, 5.74) is 1.08. The summed E-state index contributed by atoms with van der Waals surface area (Å²) in [6.07, 6.45) is 0.186. The van der Waals surface area contributed by atoms with E-state index in [1.165, 1.54) is 22.7 Å². The first kappa shape index (κ1) is 16.9. The molecular formula is C17H18N2O3S2. The SMILES string of the molecule is Cc1noc(C)c1CC(=O)NC[C@@](O)(c1ccsc1)c1cccs1. The van der Waals surface area contributed by atoms with Crippen molar-refractivity contribution in [1.29, 1.82) is 0 Å². The normalized spacial score (nSPS) is 13.6. The van der Waals surface area contributed by atoms with E-state index >= 15 is 0 Å². The Hall–Kier alpha value is -1.96. The molecule has 126 valence electrons.